The van der Waals surface area contributed by atoms with Crippen LogP contribution in [0.15, 0.2) is 12.3 Å². The van der Waals surface area contributed by atoms with Crippen molar-refractivity contribution < 1.29 is 5.11 Å². The number of nitrogens with zero attached hydrogens (tertiary/aromatic N) is 1. The number of hydrogen-bond donors (Lipinski definition) is 1. The van der Waals surface area contributed by atoms with E-state index in [1.807, 2.05) is 11.8 Å². The van der Waals surface area contributed by atoms with Gasteiger partial charge in [-0.05, 0) is 50.2 Å². The number of fused-ring (bicyclic) bond motifs is 1. The van der Waals surface area contributed by atoms with Gasteiger partial charge in [0.2, 0.25) is 0 Å². The van der Waals surface area contributed by atoms with E-state index < -0.39 is 0 Å². The monoisotopic (exact) mass is 253 g/mol. The molecule has 1 aromatic heterocycles. The fourth-order valence-corrected chi connectivity index (χ4v) is 3.14. The lowest BCUT2D eigenvalue weighted by atomic mass is 9.95. The zero-order chi connectivity index (χ0) is 12.1. The van der Waals surface area contributed by atoms with Gasteiger partial charge in [-0.2, -0.15) is 11.8 Å². The molecule has 2 nitrogen and oxygen atoms in total. The minimum absolute atomic E-state index is 0.212. The average molecular weight is 253 g/mol. The first-order valence-electron chi connectivity index (χ1n) is 6.68. The lowest BCUT2D eigenvalue weighted by Gasteiger charge is -2.20. The molecule has 96 valence electrons. The van der Waals surface area contributed by atoms with Crippen LogP contribution >= 0.6 is 11.8 Å². The summed E-state index contributed by atoms with van der Waals surface area (Å²) in [5.41, 5.74) is 2.56. The summed E-state index contributed by atoms with van der Waals surface area (Å²) in [6.07, 6.45) is 11.2. The molecule has 0 amide bonds. The smallest absolute Gasteiger partial charge is 0.0807 e. The summed E-state index contributed by atoms with van der Waals surface area (Å²) in [6, 6.07) is 2.11. The maximum absolute atomic E-state index is 9.90. The Kier molecular flexibility index (Phi) is 4.99. The van der Waals surface area contributed by atoms with Crippen LogP contribution in [0.2, 0.25) is 0 Å². The molecule has 0 radical (unpaired) electrons. The normalized spacial score (nSPS) is 19.3. The number of aromatic nitrogens is 1. The molecule has 1 unspecified atom stereocenters. The van der Waals surface area contributed by atoms with E-state index in [9.17, 15) is 5.11 Å². The maximum atomic E-state index is 9.90. The largest absolute Gasteiger partial charge is 0.388 e. The predicted molar refractivity (Wildman–Crippen MR) is 74.6 cm³/mol. The van der Waals surface area contributed by atoms with Crippen LogP contribution in [0.3, 0.4) is 0 Å². The van der Waals surface area contributed by atoms with Crippen molar-refractivity contribution in [3.8, 4) is 0 Å². The molecule has 1 aromatic rings. The minimum Gasteiger partial charge on any atom is -0.388 e. The highest BCUT2D eigenvalue weighted by atomic mass is 32.2. The average Bonchev–Trinajstić information content (AvgIpc) is 2.74. The number of aryl methyl sites for hydroxylation is 1. The van der Waals surface area contributed by atoms with E-state index >= 15 is 0 Å². The molecule has 17 heavy (non-hydrogen) atoms. The molecule has 1 aliphatic carbocycles. The van der Waals surface area contributed by atoms with E-state index in [0.29, 0.717) is 0 Å². The third kappa shape index (κ3) is 3.29. The molecule has 0 aromatic carbocycles. The molecule has 0 saturated carbocycles. The van der Waals surface area contributed by atoms with Crippen LogP contribution in [-0.4, -0.2) is 21.7 Å². The van der Waals surface area contributed by atoms with Gasteiger partial charge in [-0.15, -0.1) is 0 Å². The number of hydrogen-bond acceptors (Lipinski definition) is 2. The Bertz CT molecular complexity index is 348. The number of aliphatic hydroxyl groups is 1. The Balaban J connectivity index is 1.85. The number of rotatable bonds is 6. The summed E-state index contributed by atoms with van der Waals surface area (Å²) in [6.45, 7) is 1.12. The third-order valence-corrected chi connectivity index (χ3v) is 4.31. The summed E-state index contributed by atoms with van der Waals surface area (Å²) in [5.74, 6) is 1.28. The second-order valence-corrected chi connectivity index (χ2v) is 5.86. The standard InChI is InChI=1S/C14H23NOS/c1-17-11-4-2-3-9-15-10-8-12-13(15)6-5-7-14(12)16/h8,10,14,16H,2-7,9,11H2,1H3. The Hall–Kier alpha value is -0.410. The van der Waals surface area contributed by atoms with Gasteiger partial charge in [0.1, 0.15) is 0 Å². The highest BCUT2D eigenvalue weighted by molar-refractivity contribution is 7.98. The second-order valence-electron chi connectivity index (χ2n) is 4.87. The third-order valence-electron chi connectivity index (χ3n) is 3.61. The van der Waals surface area contributed by atoms with Crippen LogP contribution < -0.4 is 0 Å². The van der Waals surface area contributed by atoms with Crippen molar-refractivity contribution in [1.29, 1.82) is 0 Å². The fraction of sp³-hybridized carbons (Fsp3) is 0.714. The molecule has 3 heteroatoms. The van der Waals surface area contributed by atoms with Gasteiger partial charge in [-0.25, -0.2) is 0 Å². The summed E-state index contributed by atoms with van der Waals surface area (Å²) < 4.78 is 2.36. The van der Waals surface area contributed by atoms with E-state index in [0.717, 1.165) is 25.8 Å². The SMILES string of the molecule is CSCCCCCn1ccc2c1CCCC2O. The van der Waals surface area contributed by atoms with Gasteiger partial charge in [0.05, 0.1) is 6.10 Å². The predicted octanol–water partition coefficient (Wildman–Crippen LogP) is 3.39. The fourth-order valence-electron chi connectivity index (χ4n) is 2.65. The van der Waals surface area contributed by atoms with E-state index in [2.05, 4.69) is 23.1 Å². The van der Waals surface area contributed by atoms with E-state index in [1.54, 1.807) is 0 Å². The quantitative estimate of drug-likeness (QED) is 0.786. The van der Waals surface area contributed by atoms with E-state index in [-0.39, 0.29) is 6.10 Å². The first-order valence-corrected chi connectivity index (χ1v) is 8.07. The van der Waals surface area contributed by atoms with Crippen LogP contribution in [-0.2, 0) is 13.0 Å². The van der Waals surface area contributed by atoms with Crippen LogP contribution in [0.5, 0.6) is 0 Å². The summed E-state index contributed by atoms with van der Waals surface area (Å²) in [5, 5.41) is 9.90. The first-order chi connectivity index (χ1) is 8.33. The van der Waals surface area contributed by atoms with Crippen molar-refractivity contribution in [2.75, 3.05) is 12.0 Å². The molecule has 1 aliphatic rings. The first kappa shape index (κ1) is 13.0. The number of unbranched alkanes of at least 4 members (excludes halogenated alkanes) is 2. The summed E-state index contributed by atoms with van der Waals surface area (Å²) >= 11 is 1.93. The second kappa shape index (κ2) is 6.50. The zero-order valence-electron chi connectivity index (χ0n) is 10.7. The molecule has 1 atom stereocenters. The van der Waals surface area contributed by atoms with Crippen molar-refractivity contribution in [3.63, 3.8) is 0 Å². The van der Waals surface area contributed by atoms with Crippen LogP contribution in [0.4, 0.5) is 0 Å². The highest BCUT2D eigenvalue weighted by Crippen LogP contribution is 2.30. The Morgan fingerprint density at radius 2 is 2.29 bits per heavy atom. The highest BCUT2D eigenvalue weighted by Gasteiger charge is 2.20. The van der Waals surface area contributed by atoms with Gasteiger partial charge in [-0.3, -0.25) is 0 Å². The van der Waals surface area contributed by atoms with Gasteiger partial charge < -0.3 is 9.67 Å². The van der Waals surface area contributed by atoms with Crippen molar-refractivity contribution in [3.05, 3.63) is 23.5 Å². The van der Waals surface area contributed by atoms with E-state index in [4.69, 9.17) is 0 Å². The number of aliphatic hydroxyl groups excluding tert-OH is 1. The topological polar surface area (TPSA) is 25.2 Å². The number of thioether (sulfide) groups is 1. The van der Waals surface area contributed by atoms with Crippen molar-refractivity contribution in [1.82, 2.24) is 4.57 Å². The van der Waals surface area contributed by atoms with Gasteiger partial charge in [0.15, 0.2) is 0 Å². The molecule has 0 spiro atoms. The molecule has 1 N–H and O–H groups in total. The minimum atomic E-state index is -0.212. The van der Waals surface area contributed by atoms with Crippen molar-refractivity contribution >= 4 is 11.8 Å². The molecule has 0 aliphatic heterocycles. The lowest BCUT2D eigenvalue weighted by molar-refractivity contribution is 0.155. The molecular formula is C14H23NOS. The molecule has 0 fully saturated rings. The van der Waals surface area contributed by atoms with Gasteiger partial charge in [-0.1, -0.05) is 6.42 Å². The molecular weight excluding hydrogens is 230 g/mol. The van der Waals surface area contributed by atoms with Crippen molar-refractivity contribution in [2.45, 2.75) is 51.2 Å². The van der Waals surface area contributed by atoms with Gasteiger partial charge in [0, 0.05) is 24.0 Å². The maximum Gasteiger partial charge on any atom is 0.0807 e. The molecule has 1 heterocycles. The summed E-state index contributed by atoms with van der Waals surface area (Å²) in [4.78, 5) is 0. The molecule has 0 saturated heterocycles. The molecule has 0 bridgehead atoms. The van der Waals surface area contributed by atoms with Crippen LogP contribution in [0, 0.1) is 0 Å². The van der Waals surface area contributed by atoms with Crippen LogP contribution in [0.25, 0.3) is 0 Å². The Morgan fingerprint density at radius 3 is 3.12 bits per heavy atom. The van der Waals surface area contributed by atoms with Gasteiger partial charge in [0.25, 0.3) is 0 Å². The van der Waals surface area contributed by atoms with E-state index in [1.165, 1.54) is 36.3 Å². The zero-order valence-corrected chi connectivity index (χ0v) is 11.5. The summed E-state index contributed by atoms with van der Waals surface area (Å²) in [7, 11) is 0. The lowest BCUT2D eigenvalue weighted by Crippen LogP contribution is -2.12. The van der Waals surface area contributed by atoms with Crippen molar-refractivity contribution in [2.24, 2.45) is 0 Å². The van der Waals surface area contributed by atoms with Gasteiger partial charge >= 0.3 is 0 Å². The molecule has 2 rings (SSSR count). The Labute approximate surface area is 108 Å². The Morgan fingerprint density at radius 1 is 1.41 bits per heavy atom. The van der Waals surface area contributed by atoms with Crippen LogP contribution in [0.1, 0.15) is 49.5 Å².